The Bertz CT molecular complexity index is 1300. The van der Waals surface area contributed by atoms with Crippen LogP contribution in [0.25, 0.3) is 0 Å². The second-order valence-electron chi connectivity index (χ2n) is 9.97. The highest BCUT2D eigenvalue weighted by Crippen LogP contribution is 2.30. The zero-order chi connectivity index (χ0) is 30.1. The maximum absolute atomic E-state index is 13.0. The third kappa shape index (κ3) is 8.68. The van der Waals surface area contributed by atoms with E-state index in [-0.39, 0.29) is 5.95 Å². The van der Waals surface area contributed by atoms with E-state index in [0.29, 0.717) is 49.3 Å². The summed E-state index contributed by atoms with van der Waals surface area (Å²) in [5.74, 6) is 0.431. The molecule has 0 amide bonds. The lowest BCUT2D eigenvalue weighted by Gasteiger charge is -2.34. The average molecular weight is 588 g/mol. The number of carbonyl (C=O) groups is 1. The van der Waals surface area contributed by atoms with Gasteiger partial charge in [-0.25, -0.2) is 0 Å². The highest BCUT2D eigenvalue weighted by Gasteiger charge is 2.30. The van der Waals surface area contributed by atoms with Crippen LogP contribution in [0.1, 0.15) is 31.4 Å². The maximum Gasteiger partial charge on any atom is 0.416 e. The number of piperazine rings is 1. The van der Waals surface area contributed by atoms with E-state index in [1.54, 1.807) is 0 Å². The lowest BCUT2D eigenvalue weighted by atomic mass is 9.97. The Kier molecular flexibility index (Phi) is 10.4. The fourth-order valence-corrected chi connectivity index (χ4v) is 4.52. The molecule has 1 fully saturated rings. The molecule has 1 atom stereocenters. The van der Waals surface area contributed by atoms with Crippen molar-refractivity contribution in [1.29, 1.82) is 0 Å². The van der Waals surface area contributed by atoms with Crippen molar-refractivity contribution in [2.24, 2.45) is 5.92 Å². The minimum Gasteiger partial charge on any atom is -0.492 e. The molecule has 0 bridgehead atoms. The molecule has 0 aliphatic carbocycles. The number of alkyl halides is 3. The Morgan fingerprint density at radius 1 is 0.976 bits per heavy atom. The van der Waals surface area contributed by atoms with Gasteiger partial charge in [-0.1, -0.05) is 26.0 Å². The van der Waals surface area contributed by atoms with Gasteiger partial charge < -0.3 is 30.3 Å². The molecule has 0 spiro atoms. The van der Waals surface area contributed by atoms with Crippen molar-refractivity contribution in [3.8, 4) is 5.75 Å². The number of ether oxygens (including phenoxy) is 1. The number of aliphatic carboxylic acids is 1. The first-order valence-corrected chi connectivity index (χ1v) is 14.0. The van der Waals surface area contributed by atoms with Crippen LogP contribution < -0.4 is 20.3 Å². The molecule has 2 heterocycles. The molecule has 0 radical (unpaired) electrons. The summed E-state index contributed by atoms with van der Waals surface area (Å²) in [6.45, 7) is 8.84. The second-order valence-corrected chi connectivity index (χ2v) is 9.97. The molecule has 2 aromatic carbocycles. The monoisotopic (exact) mass is 587 g/mol. The van der Waals surface area contributed by atoms with Gasteiger partial charge in [0, 0.05) is 31.9 Å². The molecule has 1 aromatic heterocycles. The van der Waals surface area contributed by atoms with Gasteiger partial charge in [-0.15, -0.1) is 0 Å². The first kappa shape index (κ1) is 30.8. The molecule has 42 heavy (non-hydrogen) atoms. The van der Waals surface area contributed by atoms with Gasteiger partial charge in [0.25, 0.3) is 0 Å². The van der Waals surface area contributed by atoms with Crippen LogP contribution in [0.4, 0.5) is 36.7 Å². The predicted molar refractivity (Wildman–Crippen MR) is 154 cm³/mol. The van der Waals surface area contributed by atoms with Crippen LogP contribution in [0, 0.1) is 5.92 Å². The molecule has 13 heteroatoms. The lowest BCUT2D eigenvalue weighted by Crippen LogP contribution is -2.46. The van der Waals surface area contributed by atoms with Crippen LogP contribution in [0.5, 0.6) is 5.75 Å². The van der Waals surface area contributed by atoms with Crippen molar-refractivity contribution in [3.63, 3.8) is 0 Å². The van der Waals surface area contributed by atoms with Crippen molar-refractivity contribution in [2.45, 2.75) is 32.9 Å². The third-order valence-corrected chi connectivity index (χ3v) is 7.10. The number of likely N-dealkylation sites (N-methyl/N-ethyl adjacent to an activating group) is 1. The summed E-state index contributed by atoms with van der Waals surface area (Å²) in [7, 11) is 0. The van der Waals surface area contributed by atoms with Gasteiger partial charge in [-0.05, 0) is 61.3 Å². The van der Waals surface area contributed by atoms with Gasteiger partial charge in [-0.2, -0.15) is 28.1 Å². The lowest BCUT2D eigenvalue weighted by molar-refractivity contribution is -0.141. The topological polar surface area (TPSA) is 116 Å². The first-order valence-electron chi connectivity index (χ1n) is 14.0. The zero-order valence-corrected chi connectivity index (χ0v) is 23.7. The number of aromatic nitrogens is 3. The minimum absolute atomic E-state index is 0.212. The summed E-state index contributed by atoms with van der Waals surface area (Å²) in [6.07, 6.45) is -3.39. The molecule has 226 valence electrons. The Morgan fingerprint density at radius 3 is 2.24 bits per heavy atom. The van der Waals surface area contributed by atoms with Crippen LogP contribution in [0.15, 0.2) is 48.5 Å². The van der Waals surface area contributed by atoms with E-state index in [9.17, 15) is 23.1 Å². The minimum atomic E-state index is -4.42. The Labute approximate surface area is 242 Å². The first-order chi connectivity index (χ1) is 20.1. The summed E-state index contributed by atoms with van der Waals surface area (Å²) in [5.41, 5.74) is 0.614. The molecule has 1 aliphatic heterocycles. The molecular formula is C29H36F3N7O3. The van der Waals surface area contributed by atoms with Gasteiger partial charge >= 0.3 is 12.1 Å². The number of hydrogen-bond acceptors (Lipinski definition) is 9. The number of carboxylic acid groups (broad SMARTS) is 1. The standard InChI is InChI=1S/C29H36F3N7O3/c1-3-21(25(40)41)19-20-5-11-24(12-6-20)42-18-13-33-26-35-27(34-23-9-7-22(8-10-23)29(30,31)32)37-28(36-26)39-16-14-38(4-2)15-17-39/h5-12,21H,3-4,13-19H2,1-2H3,(H,40,41)(H2,33,34,35,36,37). The van der Waals surface area contributed by atoms with Crippen molar-refractivity contribution in [1.82, 2.24) is 19.9 Å². The number of halogens is 3. The second kappa shape index (κ2) is 14.2. The highest BCUT2D eigenvalue weighted by molar-refractivity contribution is 5.70. The number of benzene rings is 2. The number of rotatable bonds is 13. The van der Waals surface area contributed by atoms with E-state index in [2.05, 4.69) is 42.3 Å². The molecule has 3 N–H and O–H groups in total. The number of hydrogen-bond donors (Lipinski definition) is 3. The number of nitrogens with zero attached hydrogens (tertiary/aromatic N) is 5. The molecule has 1 aliphatic rings. The van der Waals surface area contributed by atoms with Gasteiger partial charge in [0.1, 0.15) is 12.4 Å². The van der Waals surface area contributed by atoms with Crippen LogP contribution in [0.2, 0.25) is 0 Å². The molecule has 1 unspecified atom stereocenters. The third-order valence-electron chi connectivity index (χ3n) is 7.10. The number of carboxylic acids is 1. The van der Waals surface area contributed by atoms with Crippen LogP contribution in [0.3, 0.4) is 0 Å². The molecule has 4 rings (SSSR count). The smallest absolute Gasteiger partial charge is 0.416 e. The molecule has 3 aromatic rings. The van der Waals surface area contributed by atoms with Crippen molar-refractivity contribution in [2.75, 3.05) is 61.4 Å². The van der Waals surface area contributed by atoms with Gasteiger partial charge in [0.2, 0.25) is 17.8 Å². The molecule has 1 saturated heterocycles. The van der Waals surface area contributed by atoms with Crippen molar-refractivity contribution >= 4 is 29.5 Å². The van der Waals surface area contributed by atoms with Crippen LogP contribution >= 0.6 is 0 Å². The van der Waals surface area contributed by atoms with E-state index in [0.717, 1.165) is 50.4 Å². The van der Waals surface area contributed by atoms with E-state index in [1.807, 2.05) is 31.2 Å². The van der Waals surface area contributed by atoms with E-state index >= 15 is 0 Å². The van der Waals surface area contributed by atoms with Gasteiger partial charge in [0.05, 0.1) is 18.0 Å². The largest absolute Gasteiger partial charge is 0.492 e. The van der Waals surface area contributed by atoms with E-state index < -0.39 is 23.6 Å². The quantitative estimate of drug-likeness (QED) is 0.238. The Balaban J connectivity index is 1.39. The van der Waals surface area contributed by atoms with Crippen molar-refractivity contribution < 1.29 is 27.8 Å². The summed E-state index contributed by atoms with van der Waals surface area (Å²) in [6, 6.07) is 12.0. The fourth-order valence-electron chi connectivity index (χ4n) is 4.52. The van der Waals surface area contributed by atoms with Gasteiger partial charge in [0.15, 0.2) is 0 Å². The van der Waals surface area contributed by atoms with E-state index in [1.165, 1.54) is 12.1 Å². The van der Waals surface area contributed by atoms with Gasteiger partial charge in [-0.3, -0.25) is 4.79 Å². The Hall–Kier alpha value is -4.13. The van der Waals surface area contributed by atoms with Crippen LogP contribution in [-0.2, 0) is 17.4 Å². The predicted octanol–water partition coefficient (Wildman–Crippen LogP) is 4.92. The molecular weight excluding hydrogens is 551 g/mol. The summed E-state index contributed by atoms with van der Waals surface area (Å²) in [5, 5.41) is 15.4. The zero-order valence-electron chi connectivity index (χ0n) is 23.7. The fraction of sp³-hybridized carbons (Fsp3) is 0.448. The summed E-state index contributed by atoms with van der Waals surface area (Å²) in [4.78, 5) is 29.2. The van der Waals surface area contributed by atoms with Crippen molar-refractivity contribution in [3.05, 3.63) is 59.7 Å². The normalized spacial score (nSPS) is 14.8. The maximum atomic E-state index is 13.0. The van der Waals surface area contributed by atoms with E-state index in [4.69, 9.17) is 4.74 Å². The number of anilines is 4. The summed E-state index contributed by atoms with van der Waals surface area (Å²) < 4.78 is 44.7. The highest BCUT2D eigenvalue weighted by atomic mass is 19.4. The van der Waals surface area contributed by atoms with Crippen LogP contribution in [-0.4, -0.2) is 76.8 Å². The molecule has 10 nitrogen and oxygen atoms in total. The Morgan fingerprint density at radius 2 is 1.64 bits per heavy atom. The molecule has 0 saturated carbocycles. The number of nitrogens with one attached hydrogen (secondary N) is 2. The SMILES string of the molecule is CCC(Cc1ccc(OCCNc2nc(Nc3ccc(C(F)(F)F)cc3)nc(N3CCN(CC)CC3)n2)cc1)C(=O)O. The average Bonchev–Trinajstić information content (AvgIpc) is 2.98. The summed E-state index contributed by atoms with van der Waals surface area (Å²) >= 11 is 0.